The number of benzene rings is 1. The quantitative estimate of drug-likeness (QED) is 0.465. The highest BCUT2D eigenvalue weighted by atomic mass is 35.5. The van der Waals surface area contributed by atoms with Crippen molar-refractivity contribution in [3.63, 3.8) is 0 Å². The molecule has 0 aliphatic carbocycles. The predicted octanol–water partition coefficient (Wildman–Crippen LogP) is 2.05. The molecule has 0 radical (unpaired) electrons. The average molecular weight is 257 g/mol. The molecule has 0 aliphatic heterocycles. The van der Waals surface area contributed by atoms with Gasteiger partial charge in [0, 0.05) is 6.42 Å². The van der Waals surface area contributed by atoms with Crippen LogP contribution in [-0.2, 0) is 11.2 Å². The summed E-state index contributed by atoms with van der Waals surface area (Å²) in [5, 5.41) is 0.573. The van der Waals surface area contributed by atoms with Gasteiger partial charge in [0.1, 0.15) is 5.75 Å². The molecule has 1 aromatic rings. The average Bonchev–Trinajstić information content (AvgIpc) is 2.34. The summed E-state index contributed by atoms with van der Waals surface area (Å²) >= 11 is 6.06. The zero-order valence-electron chi connectivity index (χ0n) is 9.83. The van der Waals surface area contributed by atoms with E-state index >= 15 is 0 Å². The van der Waals surface area contributed by atoms with Crippen LogP contribution in [-0.4, -0.2) is 12.5 Å². The van der Waals surface area contributed by atoms with Crippen molar-refractivity contribution in [1.82, 2.24) is 5.43 Å². The number of hydrazine groups is 1. The molecule has 0 fully saturated rings. The minimum absolute atomic E-state index is 0.188. The standard InChI is InChI=1S/C12H17ClN2O2/c1-2-7-17-11-5-3-9(8-10(11)13)4-6-12(16)15-14/h3,5,8H,2,4,6-7,14H2,1H3,(H,15,16). The molecule has 0 saturated carbocycles. The molecule has 0 heterocycles. The Morgan fingerprint density at radius 1 is 1.53 bits per heavy atom. The van der Waals surface area contributed by atoms with Gasteiger partial charge in [-0.2, -0.15) is 0 Å². The van der Waals surface area contributed by atoms with E-state index < -0.39 is 0 Å². The van der Waals surface area contributed by atoms with Gasteiger partial charge in [-0.3, -0.25) is 10.2 Å². The third-order valence-corrected chi connectivity index (χ3v) is 2.56. The maximum absolute atomic E-state index is 11.0. The van der Waals surface area contributed by atoms with Gasteiger partial charge in [0.05, 0.1) is 11.6 Å². The van der Waals surface area contributed by atoms with Gasteiger partial charge < -0.3 is 4.74 Å². The molecule has 0 aliphatic rings. The topological polar surface area (TPSA) is 64.3 Å². The van der Waals surface area contributed by atoms with Crippen LogP contribution in [0.2, 0.25) is 5.02 Å². The molecule has 4 nitrogen and oxygen atoms in total. The Labute approximate surface area is 106 Å². The van der Waals surface area contributed by atoms with Gasteiger partial charge in [-0.15, -0.1) is 0 Å². The van der Waals surface area contributed by atoms with Crippen LogP contribution in [0.15, 0.2) is 18.2 Å². The molecule has 3 N–H and O–H groups in total. The molecule has 0 unspecified atom stereocenters. The third kappa shape index (κ3) is 4.63. The third-order valence-electron chi connectivity index (χ3n) is 2.26. The first-order chi connectivity index (χ1) is 8.17. The number of aryl methyl sites for hydroxylation is 1. The molecule has 1 amide bonds. The van der Waals surface area contributed by atoms with E-state index in [4.69, 9.17) is 22.2 Å². The number of nitrogens with two attached hydrogens (primary N) is 1. The number of rotatable bonds is 6. The summed E-state index contributed by atoms with van der Waals surface area (Å²) < 4.78 is 5.46. The lowest BCUT2D eigenvalue weighted by molar-refractivity contribution is -0.121. The fraction of sp³-hybridized carbons (Fsp3) is 0.417. The van der Waals surface area contributed by atoms with Crippen LogP contribution in [0.4, 0.5) is 0 Å². The Morgan fingerprint density at radius 3 is 2.88 bits per heavy atom. The van der Waals surface area contributed by atoms with Crippen LogP contribution in [0.3, 0.4) is 0 Å². The Bertz CT molecular complexity index is 383. The molecule has 94 valence electrons. The second-order valence-corrected chi connectivity index (χ2v) is 4.09. The van der Waals surface area contributed by atoms with Crippen molar-refractivity contribution in [1.29, 1.82) is 0 Å². The number of nitrogens with one attached hydrogen (secondary N) is 1. The number of amides is 1. The van der Waals surface area contributed by atoms with E-state index in [0.717, 1.165) is 12.0 Å². The van der Waals surface area contributed by atoms with Crippen molar-refractivity contribution in [2.45, 2.75) is 26.2 Å². The van der Waals surface area contributed by atoms with Crippen LogP contribution in [0.5, 0.6) is 5.75 Å². The second-order valence-electron chi connectivity index (χ2n) is 3.68. The Hall–Kier alpha value is -1.26. The lowest BCUT2D eigenvalue weighted by Crippen LogP contribution is -2.30. The van der Waals surface area contributed by atoms with Crippen LogP contribution in [0.25, 0.3) is 0 Å². The minimum Gasteiger partial charge on any atom is -0.492 e. The minimum atomic E-state index is -0.188. The molecule has 5 heteroatoms. The van der Waals surface area contributed by atoms with E-state index in [9.17, 15) is 4.79 Å². The molecular weight excluding hydrogens is 240 g/mol. The predicted molar refractivity (Wildman–Crippen MR) is 67.9 cm³/mol. The molecule has 0 spiro atoms. The summed E-state index contributed by atoms with van der Waals surface area (Å²) in [7, 11) is 0. The fourth-order valence-corrected chi connectivity index (χ4v) is 1.62. The molecule has 0 saturated heterocycles. The van der Waals surface area contributed by atoms with E-state index in [2.05, 4.69) is 5.43 Å². The van der Waals surface area contributed by atoms with Gasteiger partial charge in [-0.25, -0.2) is 5.84 Å². The summed E-state index contributed by atoms with van der Waals surface area (Å²) in [6.07, 6.45) is 1.90. The SMILES string of the molecule is CCCOc1ccc(CCC(=O)NN)cc1Cl. The molecule has 0 atom stereocenters. The largest absolute Gasteiger partial charge is 0.492 e. The monoisotopic (exact) mass is 256 g/mol. The lowest BCUT2D eigenvalue weighted by Gasteiger charge is -2.08. The highest BCUT2D eigenvalue weighted by Crippen LogP contribution is 2.26. The summed E-state index contributed by atoms with van der Waals surface area (Å²) in [6, 6.07) is 5.55. The number of carbonyl (C=O) groups is 1. The molecule has 1 aromatic carbocycles. The molecule has 17 heavy (non-hydrogen) atoms. The van der Waals surface area contributed by atoms with Crippen molar-refractivity contribution in [2.75, 3.05) is 6.61 Å². The van der Waals surface area contributed by atoms with E-state index in [1.165, 1.54) is 0 Å². The number of carbonyl (C=O) groups excluding carboxylic acids is 1. The van der Waals surface area contributed by atoms with Gasteiger partial charge in [-0.05, 0) is 30.5 Å². The second kappa shape index (κ2) is 7.14. The zero-order valence-corrected chi connectivity index (χ0v) is 10.6. The summed E-state index contributed by atoms with van der Waals surface area (Å²) in [5.41, 5.74) is 3.08. The van der Waals surface area contributed by atoms with Crippen molar-refractivity contribution >= 4 is 17.5 Å². The first-order valence-electron chi connectivity index (χ1n) is 5.58. The summed E-state index contributed by atoms with van der Waals surface area (Å²) in [6.45, 7) is 2.68. The lowest BCUT2D eigenvalue weighted by atomic mass is 10.1. The van der Waals surface area contributed by atoms with Gasteiger partial charge >= 0.3 is 0 Å². The van der Waals surface area contributed by atoms with E-state index in [1.54, 1.807) is 0 Å². The Morgan fingerprint density at radius 2 is 2.29 bits per heavy atom. The smallest absolute Gasteiger partial charge is 0.234 e. The van der Waals surface area contributed by atoms with E-state index in [0.29, 0.717) is 30.2 Å². The highest BCUT2D eigenvalue weighted by molar-refractivity contribution is 6.32. The highest BCUT2D eigenvalue weighted by Gasteiger charge is 2.05. The Kier molecular flexibility index (Phi) is 5.80. The first-order valence-corrected chi connectivity index (χ1v) is 5.95. The maximum atomic E-state index is 11.0. The number of hydrogen-bond donors (Lipinski definition) is 2. The van der Waals surface area contributed by atoms with Crippen LogP contribution < -0.4 is 16.0 Å². The number of hydrogen-bond acceptors (Lipinski definition) is 3. The van der Waals surface area contributed by atoms with Gasteiger partial charge in [0.15, 0.2) is 0 Å². The zero-order chi connectivity index (χ0) is 12.7. The van der Waals surface area contributed by atoms with Crippen molar-refractivity contribution in [3.05, 3.63) is 28.8 Å². The maximum Gasteiger partial charge on any atom is 0.234 e. The van der Waals surface area contributed by atoms with E-state index in [1.807, 2.05) is 25.1 Å². The fourth-order valence-electron chi connectivity index (χ4n) is 1.36. The van der Waals surface area contributed by atoms with Gasteiger partial charge in [0.2, 0.25) is 5.91 Å². The number of halogens is 1. The van der Waals surface area contributed by atoms with Crippen molar-refractivity contribution < 1.29 is 9.53 Å². The van der Waals surface area contributed by atoms with Gasteiger partial charge in [-0.1, -0.05) is 24.6 Å². The van der Waals surface area contributed by atoms with E-state index in [-0.39, 0.29) is 5.91 Å². The molecule has 1 rings (SSSR count). The Balaban J connectivity index is 2.58. The van der Waals surface area contributed by atoms with Crippen LogP contribution in [0, 0.1) is 0 Å². The summed E-state index contributed by atoms with van der Waals surface area (Å²) in [5.74, 6) is 5.49. The van der Waals surface area contributed by atoms with Crippen LogP contribution in [0.1, 0.15) is 25.3 Å². The molecule has 0 bridgehead atoms. The van der Waals surface area contributed by atoms with Crippen molar-refractivity contribution in [2.24, 2.45) is 5.84 Å². The molecule has 0 aromatic heterocycles. The normalized spacial score (nSPS) is 10.1. The van der Waals surface area contributed by atoms with Crippen molar-refractivity contribution in [3.8, 4) is 5.75 Å². The summed E-state index contributed by atoms with van der Waals surface area (Å²) in [4.78, 5) is 11.0. The number of ether oxygens (including phenoxy) is 1. The van der Waals surface area contributed by atoms with Crippen LogP contribution >= 0.6 is 11.6 Å². The first kappa shape index (κ1) is 13.8. The molecular formula is C12H17ClN2O2. The van der Waals surface area contributed by atoms with Gasteiger partial charge in [0.25, 0.3) is 0 Å².